The Balaban J connectivity index is 2.17. The van der Waals surface area contributed by atoms with Crippen LogP contribution >= 0.6 is 11.6 Å². The molecule has 0 N–H and O–H groups in total. The molecule has 1 heteroatoms. The minimum absolute atomic E-state index is 0.883. The van der Waals surface area contributed by atoms with Gasteiger partial charge in [0.1, 0.15) is 0 Å². The lowest BCUT2D eigenvalue weighted by Crippen LogP contribution is -1.91. The Morgan fingerprint density at radius 2 is 1.33 bits per heavy atom. The highest BCUT2D eigenvalue weighted by Crippen LogP contribution is 2.21. The predicted molar refractivity (Wildman–Crippen MR) is 79.5 cm³/mol. The number of hydrogen-bond acceptors (Lipinski definition) is 0. The second kappa shape index (κ2) is 6.06. The van der Waals surface area contributed by atoms with Crippen LogP contribution in [0, 0.1) is 0 Å². The van der Waals surface area contributed by atoms with Gasteiger partial charge in [0.05, 0.1) is 0 Å². The summed E-state index contributed by atoms with van der Waals surface area (Å²) >= 11 is 6.32. The first-order chi connectivity index (χ1) is 8.72. The highest BCUT2D eigenvalue weighted by molar-refractivity contribution is 6.31. The summed E-state index contributed by atoms with van der Waals surface area (Å²) in [6.45, 7) is 4.32. The van der Waals surface area contributed by atoms with Gasteiger partial charge in [0.15, 0.2) is 0 Å². The van der Waals surface area contributed by atoms with Crippen molar-refractivity contribution in [1.82, 2.24) is 0 Å². The summed E-state index contributed by atoms with van der Waals surface area (Å²) in [5.74, 6) is 0. The topological polar surface area (TPSA) is 0 Å². The number of aryl methyl sites for hydroxylation is 2. The maximum absolute atomic E-state index is 6.32. The molecule has 0 aliphatic heterocycles. The van der Waals surface area contributed by atoms with Crippen LogP contribution in [0.4, 0.5) is 0 Å². The van der Waals surface area contributed by atoms with Crippen LogP contribution in [0.15, 0.2) is 42.5 Å². The number of benzene rings is 2. The maximum atomic E-state index is 6.32. The first-order valence-corrected chi connectivity index (χ1v) is 6.95. The minimum Gasteiger partial charge on any atom is -0.0840 e. The van der Waals surface area contributed by atoms with E-state index in [2.05, 4.69) is 56.3 Å². The van der Waals surface area contributed by atoms with Gasteiger partial charge in [-0.2, -0.15) is 0 Å². The molecule has 0 aliphatic rings. The first-order valence-electron chi connectivity index (χ1n) is 6.58. The molecular weight excluding hydrogens is 240 g/mol. The zero-order chi connectivity index (χ0) is 13.0. The SMILES string of the molecule is CCc1ccc(Cc2ccc(CC)cc2Cl)cc1. The average Bonchev–Trinajstić information content (AvgIpc) is 2.42. The molecule has 0 aliphatic carbocycles. The van der Waals surface area contributed by atoms with E-state index in [9.17, 15) is 0 Å². The second-order valence-corrected chi connectivity index (χ2v) is 5.03. The van der Waals surface area contributed by atoms with Crippen molar-refractivity contribution in [2.75, 3.05) is 0 Å². The Hall–Kier alpha value is -1.27. The van der Waals surface area contributed by atoms with E-state index < -0.39 is 0 Å². The van der Waals surface area contributed by atoms with Crippen LogP contribution in [0.25, 0.3) is 0 Å². The van der Waals surface area contributed by atoms with E-state index in [0.29, 0.717) is 0 Å². The van der Waals surface area contributed by atoms with Crippen molar-refractivity contribution in [2.24, 2.45) is 0 Å². The van der Waals surface area contributed by atoms with Gasteiger partial charge in [0.25, 0.3) is 0 Å². The molecule has 2 aromatic rings. The van der Waals surface area contributed by atoms with Crippen LogP contribution in [-0.2, 0) is 19.3 Å². The lowest BCUT2D eigenvalue weighted by molar-refractivity contribution is 1.11. The summed E-state index contributed by atoms with van der Waals surface area (Å²) in [6, 6.07) is 15.2. The van der Waals surface area contributed by atoms with Crippen LogP contribution in [-0.4, -0.2) is 0 Å². The van der Waals surface area contributed by atoms with Gasteiger partial charge in [0.2, 0.25) is 0 Å². The summed E-state index contributed by atoms with van der Waals surface area (Å²) < 4.78 is 0. The van der Waals surface area contributed by atoms with Crippen molar-refractivity contribution in [3.05, 3.63) is 69.7 Å². The lowest BCUT2D eigenvalue weighted by Gasteiger charge is -2.07. The molecule has 0 fully saturated rings. The molecular formula is C17H19Cl. The number of hydrogen-bond donors (Lipinski definition) is 0. The minimum atomic E-state index is 0.883. The fourth-order valence-electron chi connectivity index (χ4n) is 2.07. The van der Waals surface area contributed by atoms with E-state index in [-0.39, 0.29) is 0 Å². The Morgan fingerprint density at radius 1 is 0.778 bits per heavy atom. The maximum Gasteiger partial charge on any atom is 0.0444 e. The van der Waals surface area contributed by atoms with E-state index >= 15 is 0 Å². The Kier molecular flexibility index (Phi) is 4.43. The Labute approximate surface area is 115 Å². The highest BCUT2D eigenvalue weighted by Gasteiger charge is 2.03. The third-order valence-corrected chi connectivity index (χ3v) is 3.70. The highest BCUT2D eigenvalue weighted by atomic mass is 35.5. The monoisotopic (exact) mass is 258 g/mol. The molecule has 0 nitrogen and oxygen atoms in total. The molecule has 18 heavy (non-hydrogen) atoms. The van der Waals surface area contributed by atoms with Gasteiger partial charge in [-0.25, -0.2) is 0 Å². The van der Waals surface area contributed by atoms with E-state index in [4.69, 9.17) is 11.6 Å². The zero-order valence-corrected chi connectivity index (χ0v) is 11.8. The average molecular weight is 259 g/mol. The van der Waals surface area contributed by atoms with E-state index in [0.717, 1.165) is 24.3 Å². The van der Waals surface area contributed by atoms with Gasteiger partial charge in [-0.3, -0.25) is 0 Å². The van der Waals surface area contributed by atoms with Gasteiger partial charge < -0.3 is 0 Å². The number of halogens is 1. The van der Waals surface area contributed by atoms with Crippen molar-refractivity contribution in [1.29, 1.82) is 0 Å². The smallest absolute Gasteiger partial charge is 0.0444 e. The quantitative estimate of drug-likeness (QED) is 0.719. The van der Waals surface area contributed by atoms with Crippen LogP contribution in [0.3, 0.4) is 0 Å². The molecule has 2 rings (SSSR count). The molecule has 0 saturated carbocycles. The van der Waals surface area contributed by atoms with Gasteiger partial charge >= 0.3 is 0 Å². The zero-order valence-electron chi connectivity index (χ0n) is 11.0. The van der Waals surface area contributed by atoms with Gasteiger partial charge in [-0.05, 0) is 47.6 Å². The van der Waals surface area contributed by atoms with E-state index in [1.807, 2.05) is 0 Å². The molecule has 94 valence electrons. The fourth-order valence-corrected chi connectivity index (χ4v) is 2.34. The van der Waals surface area contributed by atoms with Crippen LogP contribution in [0.1, 0.15) is 36.1 Å². The third kappa shape index (κ3) is 3.14. The van der Waals surface area contributed by atoms with Crippen molar-refractivity contribution >= 4 is 11.6 Å². The first kappa shape index (κ1) is 13.2. The lowest BCUT2D eigenvalue weighted by atomic mass is 10.0. The Bertz CT molecular complexity index is 512. The molecule has 0 spiro atoms. The molecule has 0 aromatic heterocycles. The van der Waals surface area contributed by atoms with Crippen molar-refractivity contribution in [3.63, 3.8) is 0 Å². The molecule has 0 amide bonds. The van der Waals surface area contributed by atoms with Crippen LogP contribution < -0.4 is 0 Å². The molecule has 0 unspecified atom stereocenters. The number of rotatable bonds is 4. The standard InChI is InChI=1S/C17H19Cl/c1-3-13-5-7-15(8-6-13)11-16-10-9-14(4-2)12-17(16)18/h5-10,12H,3-4,11H2,1-2H3. The molecule has 2 aromatic carbocycles. The molecule has 0 radical (unpaired) electrons. The largest absolute Gasteiger partial charge is 0.0840 e. The van der Waals surface area contributed by atoms with Gasteiger partial charge in [-0.15, -0.1) is 0 Å². The van der Waals surface area contributed by atoms with E-state index in [1.54, 1.807) is 0 Å². The van der Waals surface area contributed by atoms with Crippen molar-refractivity contribution in [3.8, 4) is 0 Å². The van der Waals surface area contributed by atoms with Crippen LogP contribution in [0.2, 0.25) is 5.02 Å². The third-order valence-electron chi connectivity index (χ3n) is 3.35. The second-order valence-electron chi connectivity index (χ2n) is 4.63. The summed E-state index contributed by atoms with van der Waals surface area (Å²) in [5.41, 5.74) is 5.20. The van der Waals surface area contributed by atoms with E-state index in [1.165, 1.54) is 22.3 Å². The fraction of sp³-hybridized carbons (Fsp3) is 0.294. The Morgan fingerprint density at radius 3 is 1.89 bits per heavy atom. The molecule has 0 bridgehead atoms. The summed E-state index contributed by atoms with van der Waals surface area (Å²) in [5, 5.41) is 0.883. The summed E-state index contributed by atoms with van der Waals surface area (Å²) in [4.78, 5) is 0. The van der Waals surface area contributed by atoms with Crippen LogP contribution in [0.5, 0.6) is 0 Å². The van der Waals surface area contributed by atoms with Gasteiger partial charge in [-0.1, -0.05) is 61.8 Å². The van der Waals surface area contributed by atoms with Crippen molar-refractivity contribution < 1.29 is 0 Å². The van der Waals surface area contributed by atoms with Gasteiger partial charge in [0, 0.05) is 5.02 Å². The summed E-state index contributed by atoms with van der Waals surface area (Å²) in [6.07, 6.45) is 3.03. The normalized spacial score (nSPS) is 10.6. The molecule has 0 heterocycles. The predicted octanol–water partition coefficient (Wildman–Crippen LogP) is 5.06. The summed E-state index contributed by atoms with van der Waals surface area (Å²) in [7, 11) is 0. The molecule has 0 atom stereocenters. The van der Waals surface area contributed by atoms with Crippen molar-refractivity contribution in [2.45, 2.75) is 33.1 Å². The molecule has 0 saturated heterocycles.